The van der Waals surface area contributed by atoms with E-state index in [0.717, 1.165) is 33.6 Å². The van der Waals surface area contributed by atoms with E-state index in [9.17, 15) is 4.79 Å². The Morgan fingerprint density at radius 3 is 2.38 bits per heavy atom. The van der Waals surface area contributed by atoms with Crippen molar-refractivity contribution in [3.63, 3.8) is 0 Å². The highest BCUT2D eigenvalue weighted by Crippen LogP contribution is 2.24. The molecular formula is C18H21NO2. The first kappa shape index (κ1) is 15.3. The molecule has 0 saturated carbocycles. The van der Waals surface area contributed by atoms with E-state index in [0.29, 0.717) is 13.0 Å². The molecule has 0 fully saturated rings. The molecule has 3 heteroatoms. The topological polar surface area (TPSA) is 52.3 Å². The molecule has 0 saturated heterocycles. The van der Waals surface area contributed by atoms with Gasteiger partial charge in [0.25, 0.3) is 0 Å². The van der Waals surface area contributed by atoms with E-state index in [1.807, 2.05) is 50.2 Å². The van der Waals surface area contributed by atoms with Crippen molar-refractivity contribution in [1.29, 1.82) is 0 Å². The number of Topliss-reactive ketones (excluding diaryl/α,β-unsaturated/α-hetero) is 1. The maximum atomic E-state index is 12.6. The van der Waals surface area contributed by atoms with Crippen LogP contribution in [-0.2, 0) is 13.0 Å². The Balaban J connectivity index is 2.31. The van der Waals surface area contributed by atoms with Gasteiger partial charge in [-0.3, -0.25) is 4.79 Å². The average Bonchev–Trinajstić information content (AvgIpc) is 2.49. The summed E-state index contributed by atoms with van der Waals surface area (Å²) < 4.78 is 5.29. The Morgan fingerprint density at radius 2 is 1.76 bits per heavy atom. The van der Waals surface area contributed by atoms with E-state index < -0.39 is 0 Å². The van der Waals surface area contributed by atoms with E-state index in [1.54, 1.807) is 7.11 Å². The molecule has 0 amide bonds. The van der Waals surface area contributed by atoms with Crippen LogP contribution >= 0.6 is 0 Å². The number of hydrogen-bond acceptors (Lipinski definition) is 3. The first-order chi connectivity index (χ1) is 10.1. The van der Waals surface area contributed by atoms with Crippen LogP contribution in [-0.4, -0.2) is 12.9 Å². The molecule has 0 aliphatic heterocycles. The summed E-state index contributed by atoms with van der Waals surface area (Å²) in [5.41, 5.74) is 10.4. The zero-order chi connectivity index (χ0) is 15.4. The number of carbonyl (C=O) groups excluding carboxylic acids is 1. The van der Waals surface area contributed by atoms with Crippen molar-refractivity contribution in [3.8, 4) is 5.75 Å². The quantitative estimate of drug-likeness (QED) is 0.857. The second-order valence-corrected chi connectivity index (χ2v) is 5.21. The van der Waals surface area contributed by atoms with Crippen LogP contribution in [0.5, 0.6) is 5.75 Å². The van der Waals surface area contributed by atoms with Gasteiger partial charge in [0, 0.05) is 18.5 Å². The Kier molecular flexibility index (Phi) is 4.76. The predicted octanol–water partition coefficient (Wildman–Crippen LogP) is 3.20. The molecule has 21 heavy (non-hydrogen) atoms. The summed E-state index contributed by atoms with van der Waals surface area (Å²) in [5.74, 6) is 0.922. The average molecular weight is 283 g/mol. The largest absolute Gasteiger partial charge is 0.496 e. The van der Waals surface area contributed by atoms with Gasteiger partial charge in [-0.25, -0.2) is 0 Å². The highest BCUT2D eigenvalue weighted by atomic mass is 16.5. The molecule has 0 aromatic heterocycles. The number of ether oxygens (including phenoxy) is 1. The van der Waals surface area contributed by atoms with Gasteiger partial charge in [-0.05, 0) is 48.2 Å². The number of hydrogen-bond donors (Lipinski definition) is 1. The molecule has 2 aromatic rings. The Labute approximate surface area is 125 Å². The van der Waals surface area contributed by atoms with Gasteiger partial charge in [0.1, 0.15) is 5.75 Å². The van der Waals surface area contributed by atoms with Crippen LogP contribution in [0.15, 0.2) is 36.4 Å². The highest BCUT2D eigenvalue weighted by molar-refractivity contribution is 5.99. The number of nitrogens with two attached hydrogens (primary N) is 1. The van der Waals surface area contributed by atoms with Crippen LogP contribution in [0.3, 0.4) is 0 Å². The number of benzene rings is 2. The second kappa shape index (κ2) is 6.55. The SMILES string of the molecule is COc1cc(C)c(C(=O)Cc2ccccc2CN)cc1C. The fourth-order valence-electron chi connectivity index (χ4n) is 2.51. The van der Waals surface area contributed by atoms with Gasteiger partial charge in [0.15, 0.2) is 5.78 Å². The lowest BCUT2D eigenvalue weighted by Gasteiger charge is -2.12. The minimum atomic E-state index is 0.110. The zero-order valence-corrected chi connectivity index (χ0v) is 12.8. The van der Waals surface area contributed by atoms with Gasteiger partial charge >= 0.3 is 0 Å². The summed E-state index contributed by atoms with van der Waals surface area (Å²) in [6.07, 6.45) is 0.375. The molecule has 0 spiro atoms. The molecule has 0 aliphatic rings. The molecule has 3 nitrogen and oxygen atoms in total. The van der Waals surface area contributed by atoms with Crippen LogP contribution in [0.4, 0.5) is 0 Å². The molecule has 110 valence electrons. The third-order valence-electron chi connectivity index (χ3n) is 3.73. The van der Waals surface area contributed by atoms with E-state index in [2.05, 4.69) is 0 Å². The number of carbonyl (C=O) groups is 1. The fraction of sp³-hybridized carbons (Fsp3) is 0.278. The van der Waals surface area contributed by atoms with E-state index in [1.165, 1.54) is 0 Å². The van der Waals surface area contributed by atoms with E-state index >= 15 is 0 Å². The summed E-state index contributed by atoms with van der Waals surface area (Å²) in [5, 5.41) is 0. The fourth-order valence-corrected chi connectivity index (χ4v) is 2.51. The van der Waals surface area contributed by atoms with Crippen molar-refractivity contribution in [2.45, 2.75) is 26.8 Å². The maximum absolute atomic E-state index is 12.6. The first-order valence-electron chi connectivity index (χ1n) is 7.02. The van der Waals surface area contributed by atoms with Crippen molar-refractivity contribution >= 4 is 5.78 Å². The van der Waals surface area contributed by atoms with Crippen molar-refractivity contribution in [1.82, 2.24) is 0 Å². The smallest absolute Gasteiger partial charge is 0.167 e. The number of aryl methyl sites for hydroxylation is 2. The molecule has 0 heterocycles. The molecule has 0 unspecified atom stereocenters. The Morgan fingerprint density at radius 1 is 1.10 bits per heavy atom. The Hall–Kier alpha value is -2.13. The molecule has 0 radical (unpaired) electrons. The minimum absolute atomic E-state index is 0.110. The van der Waals surface area contributed by atoms with Crippen LogP contribution in [0, 0.1) is 13.8 Å². The molecule has 0 atom stereocenters. The minimum Gasteiger partial charge on any atom is -0.496 e. The van der Waals surface area contributed by atoms with Gasteiger partial charge < -0.3 is 10.5 Å². The van der Waals surface area contributed by atoms with Crippen LogP contribution in [0.1, 0.15) is 32.6 Å². The van der Waals surface area contributed by atoms with Crippen molar-refractivity contribution in [2.75, 3.05) is 7.11 Å². The second-order valence-electron chi connectivity index (χ2n) is 5.21. The monoisotopic (exact) mass is 283 g/mol. The molecular weight excluding hydrogens is 262 g/mol. The van der Waals surface area contributed by atoms with Gasteiger partial charge in [-0.15, -0.1) is 0 Å². The van der Waals surface area contributed by atoms with Gasteiger partial charge in [-0.1, -0.05) is 24.3 Å². The first-order valence-corrected chi connectivity index (χ1v) is 7.02. The summed E-state index contributed by atoms with van der Waals surface area (Å²) in [7, 11) is 1.64. The molecule has 0 aliphatic carbocycles. The normalized spacial score (nSPS) is 10.5. The Bertz CT molecular complexity index is 662. The third-order valence-corrected chi connectivity index (χ3v) is 3.73. The third kappa shape index (κ3) is 3.31. The molecule has 2 rings (SSSR count). The van der Waals surface area contributed by atoms with Gasteiger partial charge in [0.05, 0.1) is 7.11 Å². The van der Waals surface area contributed by atoms with E-state index in [-0.39, 0.29) is 5.78 Å². The lowest BCUT2D eigenvalue weighted by molar-refractivity contribution is 0.0992. The van der Waals surface area contributed by atoms with Crippen molar-refractivity contribution in [2.24, 2.45) is 5.73 Å². The van der Waals surface area contributed by atoms with Crippen molar-refractivity contribution < 1.29 is 9.53 Å². The molecule has 2 aromatic carbocycles. The van der Waals surface area contributed by atoms with Crippen LogP contribution < -0.4 is 10.5 Å². The maximum Gasteiger partial charge on any atom is 0.167 e. The molecule has 2 N–H and O–H groups in total. The number of methoxy groups -OCH3 is 1. The molecule has 0 bridgehead atoms. The van der Waals surface area contributed by atoms with Gasteiger partial charge in [0.2, 0.25) is 0 Å². The highest BCUT2D eigenvalue weighted by Gasteiger charge is 2.14. The standard InChI is InChI=1S/C18H21NO2/c1-12-9-18(21-3)13(2)8-16(12)17(20)10-14-6-4-5-7-15(14)11-19/h4-9H,10-11,19H2,1-3H3. The lowest BCUT2D eigenvalue weighted by Crippen LogP contribution is -2.10. The summed E-state index contributed by atoms with van der Waals surface area (Å²) in [6, 6.07) is 11.6. The number of rotatable bonds is 5. The van der Waals surface area contributed by atoms with Crippen LogP contribution in [0.2, 0.25) is 0 Å². The van der Waals surface area contributed by atoms with Crippen molar-refractivity contribution in [3.05, 3.63) is 64.2 Å². The predicted molar refractivity (Wildman–Crippen MR) is 84.8 cm³/mol. The lowest BCUT2D eigenvalue weighted by atomic mass is 9.95. The summed E-state index contributed by atoms with van der Waals surface area (Å²) in [6.45, 7) is 4.33. The van der Waals surface area contributed by atoms with Crippen LogP contribution in [0.25, 0.3) is 0 Å². The summed E-state index contributed by atoms with van der Waals surface area (Å²) in [4.78, 5) is 12.6. The zero-order valence-electron chi connectivity index (χ0n) is 12.8. The van der Waals surface area contributed by atoms with E-state index in [4.69, 9.17) is 10.5 Å². The number of ketones is 1. The van der Waals surface area contributed by atoms with Gasteiger partial charge in [-0.2, -0.15) is 0 Å². The summed E-state index contributed by atoms with van der Waals surface area (Å²) >= 11 is 0.